The van der Waals surface area contributed by atoms with Gasteiger partial charge in [-0.25, -0.2) is 4.68 Å². The average molecular weight is 269 g/mol. The minimum absolute atomic E-state index is 0.286. The first-order valence-corrected chi connectivity index (χ1v) is 6.57. The number of hydrogen-bond donors (Lipinski definition) is 1. The predicted octanol–water partition coefficient (Wildman–Crippen LogP) is 2.16. The van der Waals surface area contributed by atoms with E-state index in [0.29, 0.717) is 10.4 Å². The molecule has 0 radical (unpaired) electrons. The molecule has 1 amide bonds. The van der Waals surface area contributed by atoms with Crippen LogP contribution in [0.3, 0.4) is 0 Å². The monoisotopic (exact) mass is 269 g/mol. The quantitative estimate of drug-likeness (QED) is 0.688. The third-order valence-corrected chi connectivity index (χ3v) is 3.79. The van der Waals surface area contributed by atoms with Gasteiger partial charge in [0.1, 0.15) is 0 Å². The lowest BCUT2D eigenvalue weighted by molar-refractivity contribution is 0.0998. The summed E-state index contributed by atoms with van der Waals surface area (Å²) in [6.45, 7) is 0. The highest BCUT2D eigenvalue weighted by atomic mass is 32.1. The number of rotatable bonds is 1. The molecule has 0 aliphatic carbocycles. The van der Waals surface area contributed by atoms with Crippen LogP contribution in [0.25, 0.3) is 10.2 Å². The maximum atomic E-state index is 12.0. The third kappa shape index (κ3) is 2.15. The van der Waals surface area contributed by atoms with E-state index in [1.807, 2.05) is 42.5 Å². The van der Waals surface area contributed by atoms with Crippen molar-refractivity contribution in [3.8, 4) is 0 Å². The van der Waals surface area contributed by atoms with Crippen LogP contribution in [0.15, 0.2) is 59.6 Å². The van der Waals surface area contributed by atoms with Gasteiger partial charge < -0.3 is 5.84 Å². The Morgan fingerprint density at radius 2 is 1.74 bits per heavy atom. The van der Waals surface area contributed by atoms with Gasteiger partial charge in [0.25, 0.3) is 5.91 Å². The number of carbonyl (C=O) groups excluding carboxylic acids is 1. The number of para-hydroxylation sites is 1. The summed E-state index contributed by atoms with van der Waals surface area (Å²) in [5.41, 5.74) is 1.42. The fourth-order valence-electron chi connectivity index (χ4n) is 1.80. The van der Waals surface area contributed by atoms with Gasteiger partial charge in [0.05, 0.1) is 10.2 Å². The van der Waals surface area contributed by atoms with E-state index in [2.05, 4.69) is 4.99 Å². The van der Waals surface area contributed by atoms with E-state index in [-0.39, 0.29) is 5.91 Å². The molecule has 3 aromatic rings. The second-order valence-corrected chi connectivity index (χ2v) is 5.01. The van der Waals surface area contributed by atoms with Crippen LogP contribution >= 0.6 is 11.3 Å². The lowest BCUT2D eigenvalue weighted by atomic mass is 10.2. The zero-order valence-corrected chi connectivity index (χ0v) is 10.8. The Balaban J connectivity index is 2.12. The fraction of sp³-hybridized carbons (Fsp3) is 0. The fourth-order valence-corrected chi connectivity index (χ4v) is 2.74. The van der Waals surface area contributed by atoms with Crippen molar-refractivity contribution < 1.29 is 4.79 Å². The first-order valence-electron chi connectivity index (χ1n) is 5.75. The summed E-state index contributed by atoms with van der Waals surface area (Å²) in [5, 5.41) is 0. The summed E-state index contributed by atoms with van der Waals surface area (Å²) < 4.78 is 2.45. The molecule has 4 nitrogen and oxygen atoms in total. The standard InChI is InChI=1S/C14H11N3OS/c15-17-11-8-4-5-9-12(11)19-14(17)16-13(18)10-6-2-1-3-7-10/h1-9H,15H2. The van der Waals surface area contributed by atoms with Crippen LogP contribution in [-0.2, 0) is 0 Å². The average Bonchev–Trinajstić information content (AvgIpc) is 2.77. The van der Waals surface area contributed by atoms with Crippen molar-refractivity contribution in [3.63, 3.8) is 0 Å². The van der Waals surface area contributed by atoms with Gasteiger partial charge in [-0.2, -0.15) is 4.99 Å². The first-order chi connectivity index (χ1) is 9.25. The van der Waals surface area contributed by atoms with E-state index in [1.165, 1.54) is 16.0 Å². The molecular formula is C14H11N3OS. The molecule has 0 saturated carbocycles. The van der Waals surface area contributed by atoms with E-state index >= 15 is 0 Å². The summed E-state index contributed by atoms with van der Waals surface area (Å²) in [6.07, 6.45) is 0. The number of benzene rings is 2. The molecule has 0 aliphatic rings. The molecule has 2 aromatic carbocycles. The minimum atomic E-state index is -0.286. The number of nitrogens with two attached hydrogens (primary N) is 1. The van der Waals surface area contributed by atoms with Crippen LogP contribution in [-0.4, -0.2) is 10.6 Å². The number of aromatic nitrogens is 1. The Kier molecular flexibility index (Phi) is 2.89. The van der Waals surface area contributed by atoms with E-state index in [0.717, 1.165) is 10.2 Å². The molecule has 1 aromatic heterocycles. The van der Waals surface area contributed by atoms with Gasteiger partial charge in [-0.3, -0.25) is 4.79 Å². The molecule has 0 fully saturated rings. The maximum Gasteiger partial charge on any atom is 0.279 e. The number of nitrogens with zero attached hydrogens (tertiary/aromatic N) is 2. The van der Waals surface area contributed by atoms with Gasteiger partial charge in [0.15, 0.2) is 0 Å². The topological polar surface area (TPSA) is 60.4 Å². The Bertz CT molecular complexity index is 802. The summed E-state index contributed by atoms with van der Waals surface area (Å²) >= 11 is 1.40. The molecule has 19 heavy (non-hydrogen) atoms. The van der Waals surface area contributed by atoms with Crippen LogP contribution < -0.4 is 10.6 Å². The molecule has 94 valence electrons. The highest BCUT2D eigenvalue weighted by molar-refractivity contribution is 7.16. The van der Waals surface area contributed by atoms with E-state index in [9.17, 15) is 4.79 Å². The second kappa shape index (κ2) is 4.70. The van der Waals surface area contributed by atoms with Gasteiger partial charge in [-0.1, -0.05) is 41.7 Å². The normalized spacial score (nSPS) is 11.9. The lowest BCUT2D eigenvalue weighted by Gasteiger charge is -1.95. The predicted molar refractivity (Wildman–Crippen MR) is 76.3 cm³/mol. The molecule has 0 saturated heterocycles. The van der Waals surface area contributed by atoms with E-state index in [1.54, 1.807) is 12.1 Å². The van der Waals surface area contributed by atoms with Gasteiger partial charge in [0, 0.05) is 5.56 Å². The number of hydrogen-bond acceptors (Lipinski definition) is 3. The molecule has 0 unspecified atom stereocenters. The second-order valence-electron chi connectivity index (χ2n) is 4.01. The Morgan fingerprint density at radius 1 is 1.05 bits per heavy atom. The first kappa shape index (κ1) is 11.7. The molecular weight excluding hydrogens is 258 g/mol. The molecule has 1 heterocycles. The summed E-state index contributed by atoms with van der Waals surface area (Å²) in [6, 6.07) is 16.6. The van der Waals surface area contributed by atoms with Crippen molar-refractivity contribution in [2.75, 3.05) is 5.84 Å². The van der Waals surface area contributed by atoms with Crippen LogP contribution in [0.5, 0.6) is 0 Å². The van der Waals surface area contributed by atoms with Crippen LogP contribution in [0.4, 0.5) is 0 Å². The summed E-state index contributed by atoms with van der Waals surface area (Å²) in [5.74, 6) is 5.66. The van der Waals surface area contributed by atoms with E-state index in [4.69, 9.17) is 5.84 Å². The summed E-state index contributed by atoms with van der Waals surface area (Å²) in [7, 11) is 0. The Morgan fingerprint density at radius 3 is 2.47 bits per heavy atom. The van der Waals surface area contributed by atoms with Gasteiger partial charge in [-0.05, 0) is 24.3 Å². The Hall–Kier alpha value is -2.40. The van der Waals surface area contributed by atoms with Crippen LogP contribution in [0.1, 0.15) is 10.4 Å². The molecule has 5 heteroatoms. The molecule has 2 N–H and O–H groups in total. The maximum absolute atomic E-state index is 12.0. The molecule has 0 spiro atoms. The van der Waals surface area contributed by atoms with E-state index < -0.39 is 0 Å². The third-order valence-electron chi connectivity index (χ3n) is 2.75. The highest BCUT2D eigenvalue weighted by Crippen LogP contribution is 2.14. The number of carbonyl (C=O) groups is 1. The van der Waals surface area contributed by atoms with Crippen molar-refractivity contribution in [1.82, 2.24) is 4.68 Å². The number of fused-ring (bicyclic) bond motifs is 1. The SMILES string of the molecule is Nn1c(=NC(=O)c2ccccc2)sc2ccccc21. The largest absolute Gasteiger partial charge is 0.337 e. The van der Waals surface area contributed by atoms with Crippen molar-refractivity contribution in [2.24, 2.45) is 4.99 Å². The summed E-state index contributed by atoms with van der Waals surface area (Å²) in [4.78, 5) is 16.6. The smallest absolute Gasteiger partial charge is 0.279 e. The number of thiazole rings is 1. The molecule has 0 atom stereocenters. The van der Waals surface area contributed by atoms with Gasteiger partial charge in [0.2, 0.25) is 4.80 Å². The number of nitrogen functional groups attached to an aromatic ring is 1. The highest BCUT2D eigenvalue weighted by Gasteiger charge is 2.06. The van der Waals surface area contributed by atoms with Crippen molar-refractivity contribution in [3.05, 3.63) is 65.0 Å². The minimum Gasteiger partial charge on any atom is -0.337 e. The van der Waals surface area contributed by atoms with Crippen LogP contribution in [0, 0.1) is 0 Å². The van der Waals surface area contributed by atoms with Gasteiger partial charge in [-0.15, -0.1) is 0 Å². The number of amides is 1. The van der Waals surface area contributed by atoms with Crippen molar-refractivity contribution >= 4 is 27.5 Å². The van der Waals surface area contributed by atoms with Gasteiger partial charge >= 0.3 is 0 Å². The lowest BCUT2D eigenvalue weighted by Crippen LogP contribution is -2.23. The van der Waals surface area contributed by atoms with Crippen molar-refractivity contribution in [1.29, 1.82) is 0 Å². The van der Waals surface area contributed by atoms with Crippen LogP contribution in [0.2, 0.25) is 0 Å². The zero-order valence-electron chi connectivity index (χ0n) is 9.98. The molecule has 3 rings (SSSR count). The van der Waals surface area contributed by atoms with Crippen molar-refractivity contribution in [2.45, 2.75) is 0 Å². The molecule has 0 bridgehead atoms. The Labute approximate surface area is 113 Å². The molecule has 0 aliphatic heterocycles. The zero-order chi connectivity index (χ0) is 13.2.